The molecule has 0 aromatic heterocycles. The Labute approximate surface area is 313 Å². The van der Waals surface area contributed by atoms with Crippen LogP contribution >= 0.6 is 0 Å². The molecule has 9 rings (SSSR count). The number of anilines is 3. The van der Waals surface area contributed by atoms with Crippen molar-refractivity contribution in [3.63, 3.8) is 0 Å². The van der Waals surface area contributed by atoms with Crippen LogP contribution in [0.1, 0.15) is 29.0 Å². The lowest BCUT2D eigenvalue weighted by molar-refractivity contribution is 0.616. The first kappa shape index (κ1) is 32.5. The van der Waals surface area contributed by atoms with E-state index in [1.165, 1.54) is 61.2 Å². The van der Waals surface area contributed by atoms with Gasteiger partial charge in [0.2, 0.25) is 0 Å². The third kappa shape index (κ3) is 6.82. The van der Waals surface area contributed by atoms with Gasteiger partial charge in [-0.2, -0.15) is 0 Å². The molecule has 0 aliphatic heterocycles. The normalized spacial score (nSPS) is 13.2. The molecule has 0 spiro atoms. The lowest BCUT2D eigenvalue weighted by Gasteiger charge is -2.28. The predicted molar refractivity (Wildman–Crippen MR) is 224 cm³/mol. The van der Waals surface area contributed by atoms with Crippen LogP contribution in [0.5, 0.6) is 0 Å². The highest BCUT2D eigenvalue weighted by Crippen LogP contribution is 2.42. The highest BCUT2D eigenvalue weighted by atomic mass is 15.1. The zero-order chi connectivity index (χ0) is 35.4. The van der Waals surface area contributed by atoms with E-state index in [1.807, 2.05) is 0 Å². The molecule has 1 nitrogen and oxygen atoms in total. The maximum absolute atomic E-state index is 2.35. The van der Waals surface area contributed by atoms with E-state index < -0.39 is 0 Å². The molecule has 8 aromatic rings. The summed E-state index contributed by atoms with van der Waals surface area (Å²) in [6, 6.07) is 75.1. The van der Waals surface area contributed by atoms with Crippen LogP contribution in [-0.4, -0.2) is 0 Å². The zero-order valence-electron chi connectivity index (χ0n) is 29.8. The molecule has 254 valence electrons. The van der Waals surface area contributed by atoms with E-state index in [-0.39, 0.29) is 0 Å². The monoisotopic (exact) mass is 679 g/mol. The number of aryl methyl sites for hydroxylation is 1. The van der Waals surface area contributed by atoms with Crippen molar-refractivity contribution in [1.82, 2.24) is 0 Å². The van der Waals surface area contributed by atoms with Crippen molar-refractivity contribution in [3.8, 4) is 44.5 Å². The molecule has 0 N–H and O–H groups in total. The summed E-state index contributed by atoms with van der Waals surface area (Å²) in [5.41, 5.74) is 17.9. The molecule has 0 saturated heterocycles. The molecule has 1 atom stereocenters. The highest BCUT2D eigenvalue weighted by Gasteiger charge is 2.24. The minimum atomic E-state index is 0.542. The summed E-state index contributed by atoms with van der Waals surface area (Å²) in [6.45, 7) is 0. The van der Waals surface area contributed by atoms with E-state index in [0.717, 1.165) is 36.3 Å². The number of fused-ring (bicyclic) bond motifs is 3. The van der Waals surface area contributed by atoms with Gasteiger partial charge in [0.05, 0.1) is 0 Å². The van der Waals surface area contributed by atoms with Crippen LogP contribution < -0.4 is 4.90 Å². The van der Waals surface area contributed by atoms with Gasteiger partial charge in [0, 0.05) is 17.1 Å². The van der Waals surface area contributed by atoms with Gasteiger partial charge in [0.25, 0.3) is 0 Å². The molecule has 0 heterocycles. The SMILES string of the molecule is c1ccc(-c2ccc(N(c3ccc(-c4ccccc4)cc3)c3ccc(-c4ccc(CCC5Cc6ccccc6-c6ccccc65)cc4)cc3)cc2)cc1. The summed E-state index contributed by atoms with van der Waals surface area (Å²) >= 11 is 0. The van der Waals surface area contributed by atoms with Crippen molar-refractivity contribution in [2.75, 3.05) is 4.90 Å². The Morgan fingerprint density at radius 2 is 0.755 bits per heavy atom. The van der Waals surface area contributed by atoms with E-state index in [0.29, 0.717) is 5.92 Å². The van der Waals surface area contributed by atoms with Crippen molar-refractivity contribution in [1.29, 1.82) is 0 Å². The average molecular weight is 680 g/mol. The summed E-state index contributed by atoms with van der Waals surface area (Å²) in [7, 11) is 0. The van der Waals surface area contributed by atoms with Crippen LogP contribution in [0.3, 0.4) is 0 Å². The zero-order valence-corrected chi connectivity index (χ0v) is 29.8. The van der Waals surface area contributed by atoms with E-state index >= 15 is 0 Å². The number of hydrogen-bond donors (Lipinski definition) is 0. The second kappa shape index (κ2) is 14.7. The first-order chi connectivity index (χ1) is 26.3. The Hall–Kier alpha value is -6.44. The van der Waals surface area contributed by atoms with Gasteiger partial charge in [-0.1, -0.05) is 170 Å². The molecule has 1 unspecified atom stereocenters. The Morgan fingerprint density at radius 3 is 1.26 bits per heavy atom. The van der Waals surface area contributed by atoms with Gasteiger partial charge in [-0.15, -0.1) is 0 Å². The Balaban J connectivity index is 0.948. The van der Waals surface area contributed by atoms with Crippen LogP contribution in [0, 0.1) is 0 Å². The van der Waals surface area contributed by atoms with Gasteiger partial charge in [-0.25, -0.2) is 0 Å². The smallest absolute Gasteiger partial charge is 0.0462 e. The van der Waals surface area contributed by atoms with Crippen molar-refractivity contribution >= 4 is 17.1 Å². The molecule has 1 heteroatoms. The fourth-order valence-electron chi connectivity index (χ4n) is 8.01. The first-order valence-corrected chi connectivity index (χ1v) is 18.7. The average Bonchev–Trinajstić information content (AvgIpc) is 3.24. The van der Waals surface area contributed by atoms with Crippen molar-refractivity contribution in [2.24, 2.45) is 0 Å². The summed E-state index contributed by atoms with van der Waals surface area (Å²) in [5, 5.41) is 0. The predicted octanol–water partition coefficient (Wildman–Crippen LogP) is 14.1. The first-order valence-electron chi connectivity index (χ1n) is 18.7. The molecule has 1 aliphatic carbocycles. The Kier molecular flexibility index (Phi) is 8.98. The number of benzene rings is 8. The van der Waals surface area contributed by atoms with Crippen LogP contribution in [0.15, 0.2) is 206 Å². The molecule has 0 saturated carbocycles. The Bertz CT molecular complexity index is 2340. The van der Waals surface area contributed by atoms with Crippen molar-refractivity contribution < 1.29 is 0 Å². The standard InChI is InChI=1S/C52H41N/c1-3-11-39(12-4-1)42-25-31-47(32-26-42)53(48-33-27-43(28-34-48)40-13-5-2-6-14-40)49-35-29-44(30-36-49)41-22-19-38(20-23-41)21-24-46-37-45-15-7-8-16-50(45)52-18-10-9-17-51(46)52/h1-20,22-23,25-36,46H,21,24,37H2. The van der Waals surface area contributed by atoms with Gasteiger partial charge in [0.15, 0.2) is 0 Å². The maximum Gasteiger partial charge on any atom is 0.0462 e. The van der Waals surface area contributed by atoms with Crippen LogP contribution in [0.4, 0.5) is 17.1 Å². The van der Waals surface area contributed by atoms with Crippen LogP contribution in [0.25, 0.3) is 44.5 Å². The lowest BCUT2D eigenvalue weighted by atomic mass is 9.76. The summed E-state index contributed by atoms with van der Waals surface area (Å²) < 4.78 is 0. The van der Waals surface area contributed by atoms with Gasteiger partial charge in [-0.05, 0) is 123 Å². The van der Waals surface area contributed by atoms with Gasteiger partial charge >= 0.3 is 0 Å². The summed E-state index contributed by atoms with van der Waals surface area (Å²) in [4.78, 5) is 2.35. The molecule has 53 heavy (non-hydrogen) atoms. The van der Waals surface area contributed by atoms with Gasteiger partial charge in [-0.3, -0.25) is 0 Å². The summed E-state index contributed by atoms with van der Waals surface area (Å²) in [5.74, 6) is 0.542. The van der Waals surface area contributed by atoms with E-state index in [9.17, 15) is 0 Å². The second-order valence-electron chi connectivity index (χ2n) is 14.1. The second-order valence-corrected chi connectivity index (χ2v) is 14.1. The molecule has 0 bridgehead atoms. The van der Waals surface area contributed by atoms with E-state index in [1.54, 1.807) is 0 Å². The minimum Gasteiger partial charge on any atom is -0.311 e. The third-order valence-electron chi connectivity index (χ3n) is 10.8. The number of hydrogen-bond acceptors (Lipinski definition) is 1. The molecular formula is C52H41N. The third-order valence-corrected chi connectivity index (χ3v) is 10.8. The van der Waals surface area contributed by atoms with Crippen molar-refractivity contribution in [2.45, 2.75) is 25.2 Å². The summed E-state index contributed by atoms with van der Waals surface area (Å²) in [6.07, 6.45) is 3.33. The molecule has 0 amide bonds. The van der Waals surface area contributed by atoms with Crippen LogP contribution in [0.2, 0.25) is 0 Å². The fraction of sp³-hybridized carbons (Fsp3) is 0.0769. The molecule has 1 aliphatic rings. The quantitative estimate of drug-likeness (QED) is 0.147. The molecule has 0 radical (unpaired) electrons. The van der Waals surface area contributed by atoms with Gasteiger partial charge < -0.3 is 4.90 Å². The molecule has 0 fully saturated rings. The van der Waals surface area contributed by atoms with Crippen molar-refractivity contribution in [3.05, 3.63) is 223 Å². The highest BCUT2D eigenvalue weighted by molar-refractivity contribution is 5.81. The molecule has 8 aromatic carbocycles. The van der Waals surface area contributed by atoms with E-state index in [4.69, 9.17) is 0 Å². The fourth-order valence-corrected chi connectivity index (χ4v) is 8.01. The topological polar surface area (TPSA) is 3.24 Å². The Morgan fingerprint density at radius 1 is 0.358 bits per heavy atom. The minimum absolute atomic E-state index is 0.542. The lowest BCUT2D eigenvalue weighted by Crippen LogP contribution is -2.12. The molecular weight excluding hydrogens is 639 g/mol. The van der Waals surface area contributed by atoms with Gasteiger partial charge in [0.1, 0.15) is 0 Å². The number of nitrogens with zero attached hydrogens (tertiary/aromatic N) is 1. The van der Waals surface area contributed by atoms with E-state index in [2.05, 4.69) is 211 Å². The maximum atomic E-state index is 2.35. The van der Waals surface area contributed by atoms with Crippen LogP contribution in [-0.2, 0) is 12.8 Å². The largest absolute Gasteiger partial charge is 0.311 e. The number of rotatable bonds is 9.